The van der Waals surface area contributed by atoms with Crippen LogP contribution in [0, 0.1) is 0 Å². The number of thiophene rings is 1. The normalized spacial score (nSPS) is 11.1. The first-order valence-electron chi connectivity index (χ1n) is 4.77. The van der Waals surface area contributed by atoms with Crippen molar-refractivity contribution in [3.63, 3.8) is 0 Å². The Bertz CT molecular complexity index is 456. The van der Waals surface area contributed by atoms with Gasteiger partial charge in [-0.1, -0.05) is 11.6 Å². The van der Waals surface area contributed by atoms with Crippen LogP contribution in [0.2, 0.25) is 5.15 Å². The molecule has 0 unspecified atom stereocenters. The molecule has 0 spiro atoms. The molecule has 2 rings (SSSR count). The summed E-state index contributed by atoms with van der Waals surface area (Å²) < 4.78 is 0. The van der Waals surface area contributed by atoms with E-state index in [9.17, 15) is 0 Å². The fraction of sp³-hybridized carbons (Fsp3) is 0.400. The summed E-state index contributed by atoms with van der Waals surface area (Å²) in [6, 6.07) is 1.95. The highest BCUT2D eigenvalue weighted by Crippen LogP contribution is 2.24. The lowest BCUT2D eigenvalue weighted by Gasteiger charge is -2.00. The summed E-state index contributed by atoms with van der Waals surface area (Å²) in [5.41, 5.74) is 0. The first-order valence-corrected chi connectivity index (χ1v) is 6.56. The molecule has 0 aliphatic heterocycles. The molecular formula is C10H10Cl2N2S. The van der Waals surface area contributed by atoms with E-state index >= 15 is 0 Å². The van der Waals surface area contributed by atoms with E-state index in [2.05, 4.69) is 9.97 Å². The lowest BCUT2D eigenvalue weighted by Crippen LogP contribution is -1.95. The molecule has 2 heterocycles. The average Bonchev–Trinajstić information content (AvgIpc) is 2.66. The summed E-state index contributed by atoms with van der Waals surface area (Å²) in [4.78, 5) is 9.68. The fourth-order valence-corrected chi connectivity index (χ4v) is 2.63. The summed E-state index contributed by atoms with van der Waals surface area (Å²) in [6.45, 7) is 0. The van der Waals surface area contributed by atoms with Gasteiger partial charge in [-0.3, -0.25) is 0 Å². The van der Waals surface area contributed by atoms with Gasteiger partial charge in [0, 0.05) is 17.7 Å². The molecular weight excluding hydrogens is 251 g/mol. The molecule has 0 saturated carbocycles. The van der Waals surface area contributed by atoms with Gasteiger partial charge in [0.15, 0.2) is 0 Å². The SMILES string of the molecule is ClCCCCc1nc(Cl)c2ccsc2n1. The molecule has 0 radical (unpaired) electrons. The number of nitrogens with zero attached hydrogens (tertiary/aromatic N) is 2. The van der Waals surface area contributed by atoms with E-state index in [4.69, 9.17) is 23.2 Å². The van der Waals surface area contributed by atoms with E-state index < -0.39 is 0 Å². The van der Waals surface area contributed by atoms with E-state index in [1.54, 1.807) is 11.3 Å². The molecule has 2 nitrogen and oxygen atoms in total. The van der Waals surface area contributed by atoms with Crippen molar-refractivity contribution >= 4 is 44.8 Å². The Kier molecular flexibility index (Phi) is 3.78. The molecule has 5 heteroatoms. The molecule has 0 saturated heterocycles. The number of rotatable bonds is 4. The van der Waals surface area contributed by atoms with Crippen LogP contribution in [0.5, 0.6) is 0 Å². The third kappa shape index (κ3) is 2.60. The highest BCUT2D eigenvalue weighted by molar-refractivity contribution is 7.16. The standard InChI is InChI=1S/C10H10Cl2N2S/c11-5-2-1-3-8-13-9(12)7-4-6-15-10(7)14-8/h4,6H,1-3,5H2. The maximum Gasteiger partial charge on any atom is 0.141 e. The Morgan fingerprint density at radius 2 is 2.13 bits per heavy atom. The van der Waals surface area contributed by atoms with Crippen LogP contribution < -0.4 is 0 Å². The van der Waals surface area contributed by atoms with Gasteiger partial charge < -0.3 is 0 Å². The summed E-state index contributed by atoms with van der Waals surface area (Å²) in [6.07, 6.45) is 2.85. The topological polar surface area (TPSA) is 25.8 Å². The van der Waals surface area contributed by atoms with Crippen LogP contribution in [0.4, 0.5) is 0 Å². The largest absolute Gasteiger partial charge is 0.222 e. The number of alkyl halides is 1. The number of hydrogen-bond acceptors (Lipinski definition) is 3. The molecule has 80 valence electrons. The van der Waals surface area contributed by atoms with E-state index in [1.165, 1.54) is 0 Å². The first-order chi connectivity index (χ1) is 7.31. The molecule has 2 aromatic heterocycles. The zero-order valence-corrected chi connectivity index (χ0v) is 10.4. The van der Waals surface area contributed by atoms with Crippen molar-refractivity contribution in [1.82, 2.24) is 9.97 Å². The van der Waals surface area contributed by atoms with Crippen molar-refractivity contribution in [2.24, 2.45) is 0 Å². The van der Waals surface area contributed by atoms with Gasteiger partial charge in [-0.15, -0.1) is 22.9 Å². The molecule has 0 bridgehead atoms. The Hall–Kier alpha value is -0.380. The summed E-state index contributed by atoms with van der Waals surface area (Å²) >= 11 is 13.3. The van der Waals surface area contributed by atoms with Crippen LogP contribution in [0.25, 0.3) is 10.2 Å². The van der Waals surface area contributed by atoms with Crippen LogP contribution in [0.3, 0.4) is 0 Å². The number of hydrogen-bond donors (Lipinski definition) is 0. The van der Waals surface area contributed by atoms with Crippen LogP contribution in [-0.4, -0.2) is 15.8 Å². The Labute approximate surface area is 102 Å². The molecule has 2 aromatic rings. The minimum Gasteiger partial charge on any atom is -0.222 e. The maximum atomic E-state index is 6.05. The predicted octanol–water partition coefficient (Wildman–Crippen LogP) is 3.91. The number of unbranched alkanes of at least 4 members (excludes halogenated alkanes) is 1. The van der Waals surface area contributed by atoms with Gasteiger partial charge in [0.05, 0.1) is 0 Å². The molecule has 15 heavy (non-hydrogen) atoms. The third-order valence-electron chi connectivity index (χ3n) is 2.11. The van der Waals surface area contributed by atoms with Crippen molar-refractivity contribution in [3.05, 3.63) is 22.4 Å². The van der Waals surface area contributed by atoms with Crippen molar-refractivity contribution in [2.45, 2.75) is 19.3 Å². The van der Waals surface area contributed by atoms with Gasteiger partial charge in [-0.2, -0.15) is 0 Å². The Balaban J connectivity index is 2.21. The molecule has 0 fully saturated rings. The maximum absolute atomic E-state index is 6.05. The second kappa shape index (κ2) is 5.10. The van der Waals surface area contributed by atoms with E-state index in [1.807, 2.05) is 11.4 Å². The fourth-order valence-electron chi connectivity index (χ4n) is 1.35. The highest BCUT2D eigenvalue weighted by Gasteiger charge is 2.06. The number of aryl methyl sites for hydroxylation is 1. The molecule has 0 amide bonds. The summed E-state index contributed by atoms with van der Waals surface area (Å²) in [5, 5.41) is 3.48. The lowest BCUT2D eigenvalue weighted by atomic mass is 10.2. The first kappa shape index (κ1) is 11.1. The zero-order valence-electron chi connectivity index (χ0n) is 8.04. The number of fused-ring (bicyclic) bond motifs is 1. The quantitative estimate of drug-likeness (QED) is 0.473. The molecule has 0 atom stereocenters. The highest BCUT2D eigenvalue weighted by atomic mass is 35.5. The minimum absolute atomic E-state index is 0.558. The molecule has 0 N–H and O–H groups in total. The minimum atomic E-state index is 0.558. The molecule has 0 aliphatic carbocycles. The van der Waals surface area contributed by atoms with E-state index in [-0.39, 0.29) is 0 Å². The van der Waals surface area contributed by atoms with Crippen molar-refractivity contribution in [3.8, 4) is 0 Å². The second-order valence-corrected chi connectivity index (χ2v) is 4.85. The van der Waals surface area contributed by atoms with Crippen molar-refractivity contribution < 1.29 is 0 Å². The monoisotopic (exact) mass is 260 g/mol. The van der Waals surface area contributed by atoms with E-state index in [0.29, 0.717) is 11.0 Å². The molecule has 0 aliphatic rings. The van der Waals surface area contributed by atoms with Gasteiger partial charge in [0.2, 0.25) is 0 Å². The number of aromatic nitrogens is 2. The molecule has 0 aromatic carbocycles. The van der Waals surface area contributed by atoms with Gasteiger partial charge in [-0.25, -0.2) is 9.97 Å². The van der Waals surface area contributed by atoms with Crippen LogP contribution in [0.15, 0.2) is 11.4 Å². The van der Waals surface area contributed by atoms with Crippen molar-refractivity contribution in [1.29, 1.82) is 0 Å². The van der Waals surface area contributed by atoms with Crippen LogP contribution in [0.1, 0.15) is 18.7 Å². The van der Waals surface area contributed by atoms with Gasteiger partial charge in [0.1, 0.15) is 15.8 Å². The Morgan fingerprint density at radius 1 is 1.27 bits per heavy atom. The Morgan fingerprint density at radius 3 is 2.93 bits per heavy atom. The zero-order chi connectivity index (χ0) is 10.7. The average molecular weight is 261 g/mol. The lowest BCUT2D eigenvalue weighted by molar-refractivity contribution is 0.761. The van der Waals surface area contributed by atoms with E-state index in [0.717, 1.165) is 35.3 Å². The van der Waals surface area contributed by atoms with Crippen molar-refractivity contribution in [2.75, 3.05) is 5.88 Å². The second-order valence-electron chi connectivity index (χ2n) is 3.22. The van der Waals surface area contributed by atoms with Crippen LogP contribution >= 0.6 is 34.5 Å². The van der Waals surface area contributed by atoms with Gasteiger partial charge in [0.25, 0.3) is 0 Å². The van der Waals surface area contributed by atoms with Gasteiger partial charge in [-0.05, 0) is 24.3 Å². The summed E-state index contributed by atoms with van der Waals surface area (Å²) in [7, 11) is 0. The number of halogens is 2. The smallest absolute Gasteiger partial charge is 0.141 e. The van der Waals surface area contributed by atoms with Gasteiger partial charge >= 0.3 is 0 Å². The third-order valence-corrected chi connectivity index (χ3v) is 3.47. The predicted molar refractivity (Wildman–Crippen MR) is 66.1 cm³/mol. The summed E-state index contributed by atoms with van der Waals surface area (Å²) in [5.74, 6) is 1.51. The van der Waals surface area contributed by atoms with Crippen LogP contribution in [-0.2, 0) is 6.42 Å².